The first-order chi connectivity index (χ1) is 7.46. The Bertz CT molecular complexity index is 394. The number of rotatable bonds is 1. The van der Waals surface area contributed by atoms with Gasteiger partial charge in [-0.3, -0.25) is 0 Å². The summed E-state index contributed by atoms with van der Waals surface area (Å²) in [6.07, 6.45) is -4.65. The minimum Gasteiger partial charge on any atom is -0.406 e. The van der Waals surface area contributed by atoms with Crippen LogP contribution in [0.4, 0.5) is 13.2 Å². The van der Waals surface area contributed by atoms with E-state index in [1.165, 1.54) is 12.1 Å². The number of fused-ring (bicyclic) bond motifs is 1. The summed E-state index contributed by atoms with van der Waals surface area (Å²) in [5.74, 6) is 1.31. The Kier molecular flexibility index (Phi) is 3.03. The van der Waals surface area contributed by atoms with Crippen LogP contribution in [0.1, 0.15) is 17.2 Å². The van der Waals surface area contributed by atoms with Gasteiger partial charge in [0.05, 0.1) is 0 Å². The van der Waals surface area contributed by atoms with Crippen LogP contribution < -0.4 is 10.5 Å². The fourth-order valence-corrected chi connectivity index (χ4v) is 2.67. The number of nitrogens with two attached hydrogens (primary N) is 1. The zero-order valence-electron chi connectivity index (χ0n) is 8.25. The monoisotopic (exact) mass is 249 g/mol. The third-order valence-corrected chi connectivity index (χ3v) is 3.42. The second-order valence-electron chi connectivity index (χ2n) is 3.53. The maximum Gasteiger partial charge on any atom is 0.573 e. The summed E-state index contributed by atoms with van der Waals surface area (Å²) >= 11 is 1.68. The zero-order chi connectivity index (χ0) is 11.8. The van der Waals surface area contributed by atoms with Gasteiger partial charge in [0.2, 0.25) is 0 Å². The fourth-order valence-electron chi connectivity index (χ4n) is 1.63. The Balaban J connectivity index is 2.27. The van der Waals surface area contributed by atoms with Gasteiger partial charge in [0.15, 0.2) is 0 Å². The van der Waals surface area contributed by atoms with Crippen molar-refractivity contribution in [3.8, 4) is 5.75 Å². The predicted octanol–water partition coefficient (Wildman–Crippen LogP) is 2.83. The van der Waals surface area contributed by atoms with Gasteiger partial charge in [0.25, 0.3) is 0 Å². The van der Waals surface area contributed by atoms with E-state index in [2.05, 4.69) is 4.74 Å². The number of hydrogen-bond acceptors (Lipinski definition) is 3. The lowest BCUT2D eigenvalue weighted by Gasteiger charge is -2.22. The lowest BCUT2D eigenvalue weighted by molar-refractivity contribution is -0.274. The van der Waals surface area contributed by atoms with Gasteiger partial charge in [-0.05, 0) is 23.3 Å². The van der Waals surface area contributed by atoms with Gasteiger partial charge in [-0.15, -0.1) is 13.2 Å². The molecule has 0 aromatic heterocycles. The standard InChI is InChI=1S/C10H10F3NOS/c11-10(12,13)15-7-2-1-6-4-16-5-9(14)8(6)3-7/h1-3,9H,4-5,14H2. The highest BCUT2D eigenvalue weighted by Gasteiger charge is 2.31. The van der Waals surface area contributed by atoms with E-state index < -0.39 is 6.36 Å². The van der Waals surface area contributed by atoms with Crippen LogP contribution in [0, 0.1) is 0 Å². The van der Waals surface area contributed by atoms with Crippen LogP contribution in [-0.2, 0) is 5.75 Å². The van der Waals surface area contributed by atoms with Crippen molar-refractivity contribution in [3.05, 3.63) is 29.3 Å². The first kappa shape index (κ1) is 11.6. The lowest BCUT2D eigenvalue weighted by Crippen LogP contribution is -2.20. The summed E-state index contributed by atoms with van der Waals surface area (Å²) < 4.78 is 39.9. The maximum absolute atomic E-state index is 12.0. The Labute approximate surface area is 95.0 Å². The molecule has 88 valence electrons. The number of alkyl halides is 3. The average molecular weight is 249 g/mol. The third kappa shape index (κ3) is 2.62. The van der Waals surface area contributed by atoms with E-state index in [9.17, 15) is 13.2 Å². The van der Waals surface area contributed by atoms with Crippen molar-refractivity contribution in [1.82, 2.24) is 0 Å². The smallest absolute Gasteiger partial charge is 0.406 e. The van der Waals surface area contributed by atoms with Gasteiger partial charge in [-0.1, -0.05) is 6.07 Å². The molecule has 0 saturated carbocycles. The molecule has 0 amide bonds. The molecule has 0 spiro atoms. The molecule has 0 bridgehead atoms. The largest absolute Gasteiger partial charge is 0.573 e. The number of benzene rings is 1. The minimum atomic E-state index is -4.65. The molecule has 1 aliphatic heterocycles. The van der Waals surface area contributed by atoms with Crippen molar-refractivity contribution in [2.24, 2.45) is 5.73 Å². The molecular weight excluding hydrogens is 239 g/mol. The molecule has 1 aromatic carbocycles. The minimum absolute atomic E-state index is 0.200. The Morgan fingerprint density at radius 1 is 1.38 bits per heavy atom. The summed E-state index contributed by atoms with van der Waals surface area (Å²) in [6.45, 7) is 0. The zero-order valence-corrected chi connectivity index (χ0v) is 9.07. The molecule has 2 nitrogen and oxygen atoms in total. The van der Waals surface area contributed by atoms with Crippen LogP contribution >= 0.6 is 11.8 Å². The van der Waals surface area contributed by atoms with Gasteiger partial charge in [0.1, 0.15) is 5.75 Å². The Hall–Kier alpha value is -0.880. The maximum atomic E-state index is 12.0. The molecule has 0 radical (unpaired) electrons. The topological polar surface area (TPSA) is 35.2 Å². The van der Waals surface area contributed by atoms with Gasteiger partial charge >= 0.3 is 6.36 Å². The molecule has 2 N–H and O–H groups in total. The molecule has 1 unspecified atom stereocenters. The number of halogens is 3. The van der Waals surface area contributed by atoms with Crippen molar-refractivity contribution in [1.29, 1.82) is 0 Å². The summed E-state index contributed by atoms with van der Waals surface area (Å²) in [5, 5.41) is 0. The quantitative estimate of drug-likeness (QED) is 0.831. The van der Waals surface area contributed by atoms with Crippen LogP contribution in [0.5, 0.6) is 5.75 Å². The highest BCUT2D eigenvalue weighted by molar-refractivity contribution is 7.98. The van der Waals surface area contributed by atoms with Gasteiger partial charge in [-0.25, -0.2) is 0 Å². The summed E-state index contributed by atoms with van der Waals surface area (Å²) in [6, 6.07) is 4.13. The van der Waals surface area contributed by atoms with Crippen LogP contribution in [0.15, 0.2) is 18.2 Å². The molecule has 2 rings (SSSR count). The normalized spacial score (nSPS) is 20.4. The molecular formula is C10H10F3NOS. The van der Waals surface area contributed by atoms with Crippen molar-refractivity contribution in [2.45, 2.75) is 18.2 Å². The molecule has 1 aliphatic rings. The molecule has 1 aromatic rings. The summed E-state index contributed by atoms with van der Waals surface area (Å²) in [4.78, 5) is 0. The number of ether oxygens (including phenoxy) is 1. The van der Waals surface area contributed by atoms with E-state index in [1.807, 2.05) is 0 Å². The third-order valence-electron chi connectivity index (χ3n) is 2.31. The fraction of sp³-hybridized carbons (Fsp3) is 0.400. The van der Waals surface area contributed by atoms with Crippen molar-refractivity contribution in [3.63, 3.8) is 0 Å². The van der Waals surface area contributed by atoms with Crippen LogP contribution in [0.25, 0.3) is 0 Å². The highest BCUT2D eigenvalue weighted by Crippen LogP contribution is 2.34. The highest BCUT2D eigenvalue weighted by atomic mass is 32.2. The Morgan fingerprint density at radius 3 is 2.81 bits per heavy atom. The molecule has 0 aliphatic carbocycles. The molecule has 1 heterocycles. The van der Waals surface area contributed by atoms with Crippen molar-refractivity contribution in [2.75, 3.05) is 5.75 Å². The van der Waals surface area contributed by atoms with E-state index in [4.69, 9.17) is 5.73 Å². The SMILES string of the molecule is NC1CSCc2ccc(OC(F)(F)F)cc21. The second kappa shape index (κ2) is 4.18. The molecule has 0 fully saturated rings. The molecule has 16 heavy (non-hydrogen) atoms. The van der Waals surface area contributed by atoms with Crippen molar-refractivity contribution < 1.29 is 17.9 Å². The van der Waals surface area contributed by atoms with Crippen LogP contribution in [0.3, 0.4) is 0 Å². The summed E-state index contributed by atoms with van der Waals surface area (Å²) in [5.41, 5.74) is 7.56. The summed E-state index contributed by atoms with van der Waals surface area (Å²) in [7, 11) is 0. The second-order valence-corrected chi connectivity index (χ2v) is 4.56. The first-order valence-corrected chi connectivity index (χ1v) is 5.83. The molecule has 0 saturated heterocycles. The van der Waals surface area contributed by atoms with Crippen LogP contribution in [0.2, 0.25) is 0 Å². The van der Waals surface area contributed by atoms with E-state index in [0.29, 0.717) is 0 Å². The Morgan fingerprint density at radius 2 is 2.12 bits per heavy atom. The first-order valence-electron chi connectivity index (χ1n) is 4.67. The molecule has 1 atom stereocenters. The average Bonchev–Trinajstić information content (AvgIpc) is 2.17. The van der Waals surface area contributed by atoms with Crippen LogP contribution in [-0.4, -0.2) is 12.1 Å². The molecule has 6 heteroatoms. The number of hydrogen-bond donors (Lipinski definition) is 1. The van der Waals surface area contributed by atoms with Gasteiger partial charge < -0.3 is 10.5 Å². The van der Waals surface area contributed by atoms with E-state index in [-0.39, 0.29) is 11.8 Å². The number of thioether (sulfide) groups is 1. The lowest BCUT2D eigenvalue weighted by atomic mass is 10.0. The predicted molar refractivity (Wildman–Crippen MR) is 56.2 cm³/mol. The van der Waals surface area contributed by atoms with E-state index >= 15 is 0 Å². The van der Waals surface area contributed by atoms with E-state index in [1.54, 1.807) is 17.8 Å². The van der Waals surface area contributed by atoms with E-state index in [0.717, 1.165) is 22.6 Å². The van der Waals surface area contributed by atoms with Gasteiger partial charge in [0, 0.05) is 17.5 Å². The van der Waals surface area contributed by atoms with Gasteiger partial charge in [-0.2, -0.15) is 11.8 Å². The van der Waals surface area contributed by atoms with Crippen molar-refractivity contribution >= 4 is 11.8 Å².